The molecule has 0 aliphatic carbocycles. The van der Waals surface area contributed by atoms with Crippen molar-refractivity contribution in [2.24, 2.45) is 17.6 Å². The van der Waals surface area contributed by atoms with Crippen LogP contribution in [0.3, 0.4) is 0 Å². The van der Waals surface area contributed by atoms with E-state index in [2.05, 4.69) is 26.6 Å². The fraction of sp³-hybridized carbons (Fsp3) is 0.362. The Morgan fingerprint density at radius 1 is 0.458 bits per heavy atom. The fourth-order valence-electron chi connectivity index (χ4n) is 6.66. The maximum absolute atomic E-state index is 14.4. The van der Waals surface area contributed by atoms with Crippen LogP contribution < -0.4 is 32.3 Å². The van der Waals surface area contributed by atoms with Crippen LogP contribution >= 0.6 is 0 Å². The Labute approximate surface area is 347 Å². The van der Waals surface area contributed by atoms with Crippen molar-refractivity contribution < 1.29 is 28.8 Å². The normalized spacial score (nSPS) is 13.6. The Balaban J connectivity index is 1.59. The highest BCUT2D eigenvalue weighted by molar-refractivity contribution is 5.96. The van der Waals surface area contributed by atoms with Crippen LogP contribution in [0, 0.1) is 11.8 Å². The number of carbonyl (C=O) groups is 6. The van der Waals surface area contributed by atoms with Crippen molar-refractivity contribution in [3.8, 4) is 0 Å². The molecule has 4 aromatic rings. The molecule has 0 saturated carbocycles. The summed E-state index contributed by atoms with van der Waals surface area (Å²) in [5.41, 5.74) is 8.90. The lowest BCUT2D eigenvalue weighted by Crippen LogP contribution is -2.60. The van der Waals surface area contributed by atoms with Crippen molar-refractivity contribution in [1.29, 1.82) is 0 Å². The van der Waals surface area contributed by atoms with Gasteiger partial charge in [-0.1, -0.05) is 149 Å². The molecule has 312 valence electrons. The molecule has 12 nitrogen and oxygen atoms in total. The molecule has 0 fully saturated rings. The van der Waals surface area contributed by atoms with Gasteiger partial charge in [-0.15, -0.1) is 0 Å². The first-order chi connectivity index (χ1) is 28.3. The summed E-state index contributed by atoms with van der Waals surface area (Å²) in [5, 5.41) is 14.2. The van der Waals surface area contributed by atoms with Crippen LogP contribution in [-0.2, 0) is 54.5 Å². The lowest BCUT2D eigenvalue weighted by Gasteiger charge is -2.28. The van der Waals surface area contributed by atoms with Gasteiger partial charge in [0.25, 0.3) is 0 Å². The van der Waals surface area contributed by atoms with E-state index in [1.54, 1.807) is 13.8 Å². The first-order valence-corrected chi connectivity index (χ1v) is 20.2. The standard InChI is InChI=1S/C47H58N6O6/c1-31(2)27-37(43(48)55)50-47(59)42(32(3)4)53-46(58)40(30-36-23-15-8-16-24-36)52-45(57)39(29-35-21-13-7-14-22-35)51-44(56)38(28-34-19-11-6-12-20-34)49-41(54)26-25-33-17-9-5-10-18-33/h5-24,31-32,37-40,42H,25-30H2,1-4H3,(H2,48,55)(H,49,54)(H,50,59)(H,51,56)(H,52,57)(H,53,58)/t37-,38-,39-,40-,42-/m1/s1. The molecular formula is C47H58N6O6. The van der Waals surface area contributed by atoms with Gasteiger partial charge >= 0.3 is 0 Å². The van der Waals surface area contributed by atoms with Crippen LogP contribution in [0.5, 0.6) is 0 Å². The van der Waals surface area contributed by atoms with Crippen molar-refractivity contribution in [3.05, 3.63) is 144 Å². The van der Waals surface area contributed by atoms with Crippen molar-refractivity contribution >= 4 is 35.4 Å². The van der Waals surface area contributed by atoms with Crippen LogP contribution in [0.15, 0.2) is 121 Å². The van der Waals surface area contributed by atoms with Crippen molar-refractivity contribution in [2.45, 2.75) is 96.4 Å². The average Bonchev–Trinajstić information content (AvgIpc) is 3.22. The molecule has 4 aromatic carbocycles. The Bertz CT molecular complexity index is 1960. The second-order valence-electron chi connectivity index (χ2n) is 15.6. The number of aryl methyl sites for hydroxylation is 1. The van der Waals surface area contributed by atoms with E-state index in [1.807, 2.05) is 135 Å². The van der Waals surface area contributed by atoms with Crippen molar-refractivity contribution in [3.63, 3.8) is 0 Å². The first-order valence-electron chi connectivity index (χ1n) is 20.2. The summed E-state index contributed by atoms with van der Waals surface area (Å²) in [7, 11) is 0. The van der Waals surface area contributed by atoms with Crippen LogP contribution in [0.2, 0.25) is 0 Å². The molecule has 0 radical (unpaired) electrons. The van der Waals surface area contributed by atoms with E-state index in [-0.39, 0.29) is 37.5 Å². The molecule has 0 heterocycles. The van der Waals surface area contributed by atoms with E-state index in [0.717, 1.165) is 22.3 Å². The highest BCUT2D eigenvalue weighted by atomic mass is 16.2. The minimum atomic E-state index is -1.17. The van der Waals surface area contributed by atoms with Crippen LogP contribution in [0.25, 0.3) is 0 Å². The Morgan fingerprint density at radius 2 is 0.814 bits per heavy atom. The number of nitrogens with two attached hydrogens (primary N) is 1. The molecule has 7 N–H and O–H groups in total. The molecule has 4 rings (SSSR count). The first kappa shape index (κ1) is 45.4. The quantitative estimate of drug-likeness (QED) is 0.0698. The predicted molar refractivity (Wildman–Crippen MR) is 228 cm³/mol. The van der Waals surface area contributed by atoms with Gasteiger partial charge in [0.2, 0.25) is 35.4 Å². The largest absolute Gasteiger partial charge is 0.368 e. The van der Waals surface area contributed by atoms with Crippen LogP contribution in [0.1, 0.15) is 62.8 Å². The highest BCUT2D eigenvalue weighted by Gasteiger charge is 2.34. The number of hydrogen-bond acceptors (Lipinski definition) is 6. The van der Waals surface area contributed by atoms with Gasteiger partial charge in [-0.3, -0.25) is 28.8 Å². The van der Waals surface area contributed by atoms with E-state index < -0.39 is 65.7 Å². The number of primary amides is 1. The summed E-state index contributed by atoms with van der Waals surface area (Å²) < 4.78 is 0. The molecular weight excluding hydrogens is 745 g/mol. The maximum Gasteiger partial charge on any atom is 0.243 e. The average molecular weight is 803 g/mol. The number of nitrogens with one attached hydrogen (secondary N) is 5. The second kappa shape index (κ2) is 23.2. The van der Waals surface area contributed by atoms with Gasteiger partial charge < -0.3 is 32.3 Å². The maximum atomic E-state index is 14.4. The van der Waals surface area contributed by atoms with Crippen LogP contribution in [0.4, 0.5) is 0 Å². The summed E-state index contributed by atoms with van der Waals surface area (Å²) in [5.74, 6) is -3.73. The van der Waals surface area contributed by atoms with Crippen molar-refractivity contribution in [2.75, 3.05) is 0 Å². The molecule has 0 aromatic heterocycles. The Kier molecular flexibility index (Phi) is 17.8. The zero-order valence-electron chi connectivity index (χ0n) is 34.4. The number of rotatable bonds is 22. The van der Waals surface area contributed by atoms with E-state index >= 15 is 0 Å². The number of hydrogen-bond donors (Lipinski definition) is 6. The monoisotopic (exact) mass is 802 g/mol. The van der Waals surface area contributed by atoms with Gasteiger partial charge in [0.05, 0.1) is 0 Å². The predicted octanol–water partition coefficient (Wildman–Crippen LogP) is 3.96. The molecule has 5 atom stereocenters. The second-order valence-corrected chi connectivity index (χ2v) is 15.6. The summed E-state index contributed by atoms with van der Waals surface area (Å²) in [6.45, 7) is 7.32. The number of amides is 6. The van der Waals surface area contributed by atoms with E-state index in [0.29, 0.717) is 12.8 Å². The minimum Gasteiger partial charge on any atom is -0.368 e. The summed E-state index contributed by atoms with van der Waals surface area (Å²) in [6.07, 6.45) is 1.30. The smallest absolute Gasteiger partial charge is 0.243 e. The zero-order chi connectivity index (χ0) is 42.7. The molecule has 0 aliphatic rings. The molecule has 12 heteroatoms. The number of benzene rings is 4. The highest BCUT2D eigenvalue weighted by Crippen LogP contribution is 2.12. The fourth-order valence-corrected chi connectivity index (χ4v) is 6.66. The van der Waals surface area contributed by atoms with Gasteiger partial charge in [0.1, 0.15) is 30.2 Å². The molecule has 59 heavy (non-hydrogen) atoms. The third kappa shape index (κ3) is 15.5. The van der Waals surface area contributed by atoms with Gasteiger partial charge in [-0.05, 0) is 46.9 Å². The molecule has 0 unspecified atom stereocenters. The summed E-state index contributed by atoms with van der Waals surface area (Å²) in [4.78, 5) is 81.8. The van der Waals surface area contributed by atoms with E-state index in [9.17, 15) is 28.8 Å². The Morgan fingerprint density at radius 3 is 1.19 bits per heavy atom. The molecule has 0 aliphatic heterocycles. The minimum absolute atomic E-state index is 0.0687. The zero-order valence-corrected chi connectivity index (χ0v) is 34.4. The van der Waals surface area contributed by atoms with Gasteiger partial charge in [0, 0.05) is 25.7 Å². The third-order valence-corrected chi connectivity index (χ3v) is 9.86. The summed E-state index contributed by atoms with van der Waals surface area (Å²) in [6, 6.07) is 31.8. The molecule has 0 spiro atoms. The van der Waals surface area contributed by atoms with Crippen molar-refractivity contribution in [1.82, 2.24) is 26.6 Å². The van der Waals surface area contributed by atoms with Gasteiger partial charge in [-0.25, -0.2) is 0 Å². The van der Waals surface area contributed by atoms with Gasteiger partial charge in [-0.2, -0.15) is 0 Å². The van der Waals surface area contributed by atoms with E-state index in [4.69, 9.17) is 5.73 Å². The third-order valence-electron chi connectivity index (χ3n) is 9.86. The van der Waals surface area contributed by atoms with Gasteiger partial charge in [0.15, 0.2) is 0 Å². The topological polar surface area (TPSA) is 189 Å². The lowest BCUT2D eigenvalue weighted by molar-refractivity contribution is -0.135. The molecule has 6 amide bonds. The Hall–Kier alpha value is -6.30. The lowest BCUT2D eigenvalue weighted by atomic mass is 9.98. The molecule has 0 bridgehead atoms. The number of carbonyl (C=O) groups excluding carboxylic acids is 6. The summed E-state index contributed by atoms with van der Waals surface area (Å²) >= 11 is 0. The molecule has 0 saturated heterocycles. The van der Waals surface area contributed by atoms with Crippen LogP contribution in [-0.4, -0.2) is 65.7 Å². The van der Waals surface area contributed by atoms with E-state index in [1.165, 1.54) is 0 Å². The SMILES string of the molecule is CC(C)C[C@@H](NC(=O)[C@H](NC(=O)[C@@H](Cc1ccccc1)NC(=O)[C@@H](Cc1ccccc1)NC(=O)[C@@H](Cc1ccccc1)NC(=O)CCc1ccccc1)C(C)C)C(N)=O.